The minimum Gasteiger partial charge on any atom is -0.370 e. The summed E-state index contributed by atoms with van der Waals surface area (Å²) < 4.78 is 1.89. The molecule has 1 aromatic heterocycles. The lowest BCUT2D eigenvalue weighted by Gasteiger charge is -2.05. The first-order valence-electron chi connectivity index (χ1n) is 5.34. The van der Waals surface area contributed by atoms with Crippen LogP contribution in [0.5, 0.6) is 0 Å². The number of rotatable bonds is 6. The molecule has 0 atom stereocenters. The fourth-order valence-electron chi connectivity index (χ4n) is 1.17. The van der Waals surface area contributed by atoms with Crippen LogP contribution in [0.3, 0.4) is 0 Å². The molecule has 96 valence electrons. The zero-order chi connectivity index (χ0) is 11.8. The number of hydrogen-bond donors (Lipinski definition) is 2. The van der Waals surface area contributed by atoms with E-state index in [0.29, 0.717) is 12.5 Å². The van der Waals surface area contributed by atoms with E-state index in [9.17, 15) is 0 Å². The summed E-state index contributed by atoms with van der Waals surface area (Å²) in [7, 11) is 0. The van der Waals surface area contributed by atoms with Crippen LogP contribution in [-0.4, -0.2) is 28.8 Å². The molecule has 1 heterocycles. The third-order valence-corrected chi connectivity index (χ3v) is 1.95. The summed E-state index contributed by atoms with van der Waals surface area (Å²) in [6.45, 7) is 7.94. The monoisotopic (exact) mass is 349 g/mol. The Kier molecular flexibility index (Phi) is 8.47. The van der Waals surface area contributed by atoms with Gasteiger partial charge in [0.1, 0.15) is 0 Å². The molecule has 0 amide bonds. The number of halogens is 1. The highest BCUT2D eigenvalue weighted by Gasteiger charge is 1.93. The summed E-state index contributed by atoms with van der Waals surface area (Å²) in [5, 5.41) is 7.15. The molecule has 0 aromatic carbocycles. The third kappa shape index (κ3) is 7.78. The molecule has 0 unspecified atom stereocenters. The lowest BCUT2D eigenvalue weighted by Crippen LogP contribution is -2.33. The Labute approximate surface area is 119 Å². The van der Waals surface area contributed by atoms with Crippen LogP contribution in [0.25, 0.3) is 0 Å². The number of guanidine groups is 1. The molecule has 0 fully saturated rings. The van der Waals surface area contributed by atoms with Crippen LogP contribution >= 0.6 is 24.0 Å². The van der Waals surface area contributed by atoms with Crippen molar-refractivity contribution in [1.29, 1.82) is 0 Å². The van der Waals surface area contributed by atoms with Gasteiger partial charge in [-0.25, -0.2) is 4.99 Å². The molecule has 17 heavy (non-hydrogen) atoms. The Morgan fingerprint density at radius 2 is 2.35 bits per heavy atom. The van der Waals surface area contributed by atoms with Crippen molar-refractivity contribution in [3.63, 3.8) is 0 Å². The van der Waals surface area contributed by atoms with Gasteiger partial charge < -0.3 is 11.1 Å². The summed E-state index contributed by atoms with van der Waals surface area (Å²) in [4.78, 5) is 4.12. The lowest BCUT2D eigenvalue weighted by atomic mass is 10.4. The van der Waals surface area contributed by atoms with Crippen molar-refractivity contribution < 1.29 is 0 Å². The largest absolute Gasteiger partial charge is 0.370 e. The number of aryl methyl sites for hydroxylation is 1. The van der Waals surface area contributed by atoms with Gasteiger partial charge in [0.05, 0.1) is 6.54 Å². The predicted octanol–water partition coefficient (Wildman–Crippen LogP) is 1.37. The van der Waals surface area contributed by atoms with Crippen molar-refractivity contribution in [1.82, 2.24) is 15.1 Å². The SMILES string of the molecule is C=C(C)CN=C(N)NCCCn1cccn1.I. The van der Waals surface area contributed by atoms with Gasteiger partial charge in [0, 0.05) is 25.5 Å². The van der Waals surface area contributed by atoms with E-state index in [0.717, 1.165) is 25.1 Å². The number of hydrogen-bond acceptors (Lipinski definition) is 2. The van der Waals surface area contributed by atoms with Gasteiger partial charge in [0.25, 0.3) is 0 Å². The molecule has 0 saturated carbocycles. The van der Waals surface area contributed by atoms with E-state index in [-0.39, 0.29) is 24.0 Å². The molecule has 0 aliphatic carbocycles. The summed E-state index contributed by atoms with van der Waals surface area (Å²) in [5.74, 6) is 0.475. The van der Waals surface area contributed by atoms with E-state index in [1.165, 1.54) is 0 Å². The third-order valence-electron chi connectivity index (χ3n) is 1.95. The zero-order valence-electron chi connectivity index (χ0n) is 10.1. The van der Waals surface area contributed by atoms with Crippen molar-refractivity contribution in [2.45, 2.75) is 19.9 Å². The van der Waals surface area contributed by atoms with E-state index in [4.69, 9.17) is 5.73 Å². The first-order valence-corrected chi connectivity index (χ1v) is 5.34. The fourth-order valence-corrected chi connectivity index (χ4v) is 1.17. The normalized spacial score (nSPS) is 10.8. The second-order valence-corrected chi connectivity index (χ2v) is 3.71. The molecule has 1 rings (SSSR count). The lowest BCUT2D eigenvalue weighted by molar-refractivity contribution is 0.572. The quantitative estimate of drug-likeness (QED) is 0.268. The number of nitrogens with zero attached hydrogens (tertiary/aromatic N) is 3. The molecule has 5 nitrogen and oxygen atoms in total. The van der Waals surface area contributed by atoms with E-state index < -0.39 is 0 Å². The van der Waals surface area contributed by atoms with Crippen LogP contribution in [0.2, 0.25) is 0 Å². The topological polar surface area (TPSA) is 68.2 Å². The molecule has 0 aliphatic rings. The van der Waals surface area contributed by atoms with Gasteiger partial charge in [-0.2, -0.15) is 5.10 Å². The van der Waals surface area contributed by atoms with Gasteiger partial charge in [0.2, 0.25) is 0 Å². The molecule has 6 heteroatoms. The highest BCUT2D eigenvalue weighted by Crippen LogP contribution is 1.88. The highest BCUT2D eigenvalue weighted by molar-refractivity contribution is 14.0. The minimum atomic E-state index is 0. The van der Waals surface area contributed by atoms with E-state index in [1.807, 2.05) is 23.9 Å². The van der Waals surface area contributed by atoms with E-state index in [2.05, 4.69) is 22.0 Å². The Hall–Kier alpha value is -1.05. The maximum atomic E-state index is 5.66. The Balaban J connectivity index is 0.00000256. The van der Waals surface area contributed by atoms with Crippen LogP contribution < -0.4 is 11.1 Å². The van der Waals surface area contributed by atoms with Gasteiger partial charge in [-0.15, -0.1) is 24.0 Å². The van der Waals surface area contributed by atoms with Gasteiger partial charge in [0.15, 0.2) is 5.96 Å². The Morgan fingerprint density at radius 1 is 1.59 bits per heavy atom. The molecular weight excluding hydrogens is 329 g/mol. The van der Waals surface area contributed by atoms with E-state index in [1.54, 1.807) is 6.20 Å². The Morgan fingerprint density at radius 3 is 2.94 bits per heavy atom. The average Bonchev–Trinajstić information content (AvgIpc) is 2.74. The molecule has 0 saturated heterocycles. The highest BCUT2D eigenvalue weighted by atomic mass is 127. The van der Waals surface area contributed by atoms with Crippen molar-refractivity contribution in [3.05, 3.63) is 30.6 Å². The van der Waals surface area contributed by atoms with Crippen molar-refractivity contribution in [2.75, 3.05) is 13.1 Å². The molecular formula is C11H20IN5. The minimum absolute atomic E-state index is 0. The van der Waals surface area contributed by atoms with Crippen LogP contribution in [0, 0.1) is 0 Å². The predicted molar refractivity (Wildman–Crippen MR) is 81.6 cm³/mol. The molecule has 1 aromatic rings. The van der Waals surface area contributed by atoms with Gasteiger partial charge in [-0.05, 0) is 19.4 Å². The molecule has 0 spiro atoms. The summed E-state index contributed by atoms with van der Waals surface area (Å²) in [6, 6.07) is 1.91. The number of aromatic nitrogens is 2. The van der Waals surface area contributed by atoms with Gasteiger partial charge >= 0.3 is 0 Å². The maximum Gasteiger partial charge on any atom is 0.188 e. The van der Waals surface area contributed by atoms with Crippen molar-refractivity contribution in [2.24, 2.45) is 10.7 Å². The number of nitrogens with one attached hydrogen (secondary N) is 1. The average molecular weight is 349 g/mol. The Bertz CT molecular complexity index is 345. The van der Waals surface area contributed by atoms with Crippen LogP contribution in [0.15, 0.2) is 35.6 Å². The fraction of sp³-hybridized carbons (Fsp3) is 0.455. The van der Waals surface area contributed by atoms with Crippen molar-refractivity contribution >= 4 is 29.9 Å². The summed E-state index contributed by atoms with van der Waals surface area (Å²) in [5.41, 5.74) is 6.66. The van der Waals surface area contributed by atoms with Gasteiger partial charge in [-0.1, -0.05) is 12.2 Å². The van der Waals surface area contributed by atoms with Crippen LogP contribution in [0.4, 0.5) is 0 Å². The summed E-state index contributed by atoms with van der Waals surface area (Å²) >= 11 is 0. The van der Waals surface area contributed by atoms with E-state index >= 15 is 0 Å². The first-order chi connectivity index (χ1) is 7.68. The zero-order valence-corrected chi connectivity index (χ0v) is 12.4. The van der Waals surface area contributed by atoms with Gasteiger partial charge in [-0.3, -0.25) is 4.68 Å². The smallest absolute Gasteiger partial charge is 0.188 e. The van der Waals surface area contributed by atoms with Crippen molar-refractivity contribution in [3.8, 4) is 0 Å². The first kappa shape index (κ1) is 16.0. The molecule has 3 N–H and O–H groups in total. The van der Waals surface area contributed by atoms with Crippen LogP contribution in [0.1, 0.15) is 13.3 Å². The molecule has 0 aliphatic heterocycles. The standard InChI is InChI=1S/C11H19N5.HI/c1-10(2)9-14-11(12)13-5-3-7-16-8-4-6-15-16;/h4,6,8H,1,3,5,7,9H2,2H3,(H3,12,13,14);1H. The van der Waals surface area contributed by atoms with Crippen LogP contribution in [-0.2, 0) is 6.54 Å². The maximum absolute atomic E-state index is 5.66. The second-order valence-electron chi connectivity index (χ2n) is 3.71. The number of aliphatic imine (C=N–C) groups is 1. The molecule has 0 radical (unpaired) electrons. The summed E-state index contributed by atoms with van der Waals surface area (Å²) in [6.07, 6.45) is 4.68. The number of nitrogens with two attached hydrogens (primary N) is 1. The molecule has 0 bridgehead atoms. The second kappa shape index (κ2) is 9.03.